The fourth-order valence-electron chi connectivity index (χ4n) is 1.19. The predicted octanol–water partition coefficient (Wildman–Crippen LogP) is 1.08. The monoisotopic (exact) mass is 234 g/mol. The van der Waals surface area contributed by atoms with Gasteiger partial charge < -0.3 is 14.8 Å². The van der Waals surface area contributed by atoms with Crippen LogP contribution in [0.15, 0.2) is 22.7 Å². The molecule has 17 heavy (non-hydrogen) atoms. The minimum atomic E-state index is -1.10. The zero-order chi connectivity index (χ0) is 12.3. The van der Waals surface area contributed by atoms with Crippen molar-refractivity contribution in [3.8, 4) is 0 Å². The standard InChI is InChI=1S/C10H10N4O3/c1-6-4-12-9(17-6)5-11-8-3-2-7(10(15)16)13-14-8/h2-4H,5H2,1H3,(H,11,14)(H,15,16). The lowest BCUT2D eigenvalue weighted by molar-refractivity contribution is 0.0689. The maximum Gasteiger partial charge on any atom is 0.356 e. The number of aryl methyl sites for hydroxylation is 1. The minimum absolute atomic E-state index is 0.0949. The van der Waals surface area contributed by atoms with Crippen LogP contribution in [-0.2, 0) is 6.54 Å². The fourth-order valence-corrected chi connectivity index (χ4v) is 1.19. The normalized spacial score (nSPS) is 10.2. The number of carboxylic acids is 1. The van der Waals surface area contributed by atoms with Crippen LogP contribution in [0.25, 0.3) is 0 Å². The average molecular weight is 234 g/mol. The molecule has 0 atom stereocenters. The smallest absolute Gasteiger partial charge is 0.356 e. The Morgan fingerprint density at radius 3 is 2.82 bits per heavy atom. The first-order chi connectivity index (χ1) is 8.15. The molecule has 0 aromatic carbocycles. The maximum absolute atomic E-state index is 10.5. The molecule has 7 nitrogen and oxygen atoms in total. The molecule has 2 N–H and O–H groups in total. The van der Waals surface area contributed by atoms with Gasteiger partial charge >= 0.3 is 5.97 Å². The summed E-state index contributed by atoms with van der Waals surface area (Å²) >= 11 is 0. The SMILES string of the molecule is Cc1cnc(CNc2ccc(C(=O)O)nn2)o1. The van der Waals surface area contributed by atoms with Crippen LogP contribution in [0.3, 0.4) is 0 Å². The van der Waals surface area contributed by atoms with Gasteiger partial charge in [0.1, 0.15) is 11.6 Å². The highest BCUT2D eigenvalue weighted by atomic mass is 16.4. The van der Waals surface area contributed by atoms with Crippen LogP contribution in [0.4, 0.5) is 5.82 Å². The molecular formula is C10H10N4O3. The lowest BCUT2D eigenvalue weighted by Crippen LogP contribution is -2.06. The third-order valence-corrected chi connectivity index (χ3v) is 1.97. The van der Waals surface area contributed by atoms with Gasteiger partial charge in [-0.15, -0.1) is 10.2 Å². The van der Waals surface area contributed by atoms with E-state index < -0.39 is 5.97 Å². The van der Waals surface area contributed by atoms with E-state index in [1.807, 2.05) is 0 Å². The molecule has 0 aliphatic heterocycles. The van der Waals surface area contributed by atoms with Crippen LogP contribution in [-0.4, -0.2) is 26.3 Å². The lowest BCUT2D eigenvalue weighted by Gasteiger charge is -2.01. The lowest BCUT2D eigenvalue weighted by atomic mass is 10.4. The molecule has 0 unspecified atom stereocenters. The van der Waals surface area contributed by atoms with E-state index >= 15 is 0 Å². The molecular weight excluding hydrogens is 224 g/mol. The Bertz CT molecular complexity index is 521. The van der Waals surface area contributed by atoms with Gasteiger partial charge in [-0.1, -0.05) is 0 Å². The van der Waals surface area contributed by atoms with Gasteiger partial charge in [0.2, 0.25) is 5.89 Å². The highest BCUT2D eigenvalue weighted by Gasteiger charge is 2.05. The maximum atomic E-state index is 10.5. The first-order valence-corrected chi connectivity index (χ1v) is 4.87. The predicted molar refractivity (Wildman–Crippen MR) is 57.6 cm³/mol. The van der Waals surface area contributed by atoms with Crippen LogP contribution in [0, 0.1) is 6.92 Å². The molecule has 0 fully saturated rings. The van der Waals surface area contributed by atoms with Crippen molar-refractivity contribution in [2.45, 2.75) is 13.5 Å². The van der Waals surface area contributed by atoms with E-state index in [-0.39, 0.29) is 5.69 Å². The summed E-state index contributed by atoms with van der Waals surface area (Å²) in [6.45, 7) is 2.17. The van der Waals surface area contributed by atoms with E-state index in [4.69, 9.17) is 9.52 Å². The summed E-state index contributed by atoms with van der Waals surface area (Å²) in [6, 6.07) is 2.91. The second-order valence-corrected chi connectivity index (χ2v) is 3.33. The number of hydrogen-bond donors (Lipinski definition) is 2. The third kappa shape index (κ3) is 2.77. The summed E-state index contributed by atoms with van der Waals surface area (Å²) in [5.41, 5.74) is -0.0949. The number of hydrogen-bond acceptors (Lipinski definition) is 6. The van der Waals surface area contributed by atoms with E-state index in [9.17, 15) is 4.79 Å². The van der Waals surface area contributed by atoms with Crippen molar-refractivity contribution >= 4 is 11.8 Å². The van der Waals surface area contributed by atoms with Crippen molar-refractivity contribution < 1.29 is 14.3 Å². The van der Waals surface area contributed by atoms with E-state index in [0.717, 1.165) is 5.76 Å². The van der Waals surface area contributed by atoms with Crippen LogP contribution in [0.1, 0.15) is 22.1 Å². The Balaban J connectivity index is 1.97. The molecule has 0 amide bonds. The van der Waals surface area contributed by atoms with Crippen molar-refractivity contribution in [1.82, 2.24) is 15.2 Å². The number of aromatic carboxylic acids is 1. The average Bonchev–Trinajstić information content (AvgIpc) is 2.73. The third-order valence-electron chi connectivity index (χ3n) is 1.97. The van der Waals surface area contributed by atoms with Crippen molar-refractivity contribution in [1.29, 1.82) is 0 Å². The van der Waals surface area contributed by atoms with E-state index in [2.05, 4.69) is 20.5 Å². The van der Waals surface area contributed by atoms with E-state index in [1.54, 1.807) is 13.1 Å². The van der Waals surface area contributed by atoms with Crippen molar-refractivity contribution in [2.24, 2.45) is 0 Å². The number of carboxylic acid groups (broad SMARTS) is 1. The highest BCUT2D eigenvalue weighted by molar-refractivity contribution is 5.85. The van der Waals surface area contributed by atoms with Gasteiger partial charge in [0.05, 0.1) is 12.7 Å². The minimum Gasteiger partial charge on any atom is -0.476 e. The Labute approximate surface area is 96.5 Å². The first-order valence-electron chi connectivity index (χ1n) is 4.87. The molecule has 0 radical (unpaired) electrons. The van der Waals surface area contributed by atoms with Gasteiger partial charge in [-0.05, 0) is 19.1 Å². The van der Waals surface area contributed by atoms with Gasteiger partial charge in [-0.3, -0.25) is 0 Å². The first kappa shape index (κ1) is 11.1. The largest absolute Gasteiger partial charge is 0.476 e. The number of rotatable bonds is 4. The summed E-state index contributed by atoms with van der Waals surface area (Å²) in [5.74, 6) is 0.624. The number of aromatic nitrogens is 3. The number of anilines is 1. The van der Waals surface area contributed by atoms with E-state index in [0.29, 0.717) is 18.3 Å². The fraction of sp³-hybridized carbons (Fsp3) is 0.200. The number of nitrogens with zero attached hydrogens (tertiary/aromatic N) is 3. The van der Waals surface area contributed by atoms with Crippen LogP contribution < -0.4 is 5.32 Å². The molecule has 88 valence electrons. The van der Waals surface area contributed by atoms with E-state index in [1.165, 1.54) is 12.1 Å². The Morgan fingerprint density at radius 2 is 2.29 bits per heavy atom. The molecule has 0 aliphatic rings. The van der Waals surface area contributed by atoms with Gasteiger partial charge in [0.25, 0.3) is 0 Å². The number of oxazole rings is 1. The van der Waals surface area contributed by atoms with Crippen LogP contribution >= 0.6 is 0 Å². The highest BCUT2D eigenvalue weighted by Crippen LogP contribution is 2.06. The van der Waals surface area contributed by atoms with Gasteiger partial charge in [0, 0.05) is 0 Å². The molecule has 2 rings (SSSR count). The van der Waals surface area contributed by atoms with Crippen molar-refractivity contribution in [3.63, 3.8) is 0 Å². The Morgan fingerprint density at radius 1 is 1.47 bits per heavy atom. The molecule has 2 heterocycles. The molecule has 7 heteroatoms. The summed E-state index contributed by atoms with van der Waals surface area (Å²) in [6.07, 6.45) is 1.62. The number of nitrogens with one attached hydrogen (secondary N) is 1. The molecule has 0 bridgehead atoms. The van der Waals surface area contributed by atoms with Crippen LogP contribution in [0.2, 0.25) is 0 Å². The van der Waals surface area contributed by atoms with Crippen LogP contribution in [0.5, 0.6) is 0 Å². The number of carbonyl (C=O) groups is 1. The molecule has 2 aromatic rings. The summed E-state index contributed by atoms with van der Waals surface area (Å²) in [7, 11) is 0. The van der Waals surface area contributed by atoms with Gasteiger partial charge in [-0.2, -0.15) is 0 Å². The van der Waals surface area contributed by atoms with Gasteiger partial charge in [0.15, 0.2) is 5.69 Å². The molecule has 0 spiro atoms. The van der Waals surface area contributed by atoms with Gasteiger partial charge in [-0.25, -0.2) is 9.78 Å². The molecule has 2 aromatic heterocycles. The summed E-state index contributed by atoms with van der Waals surface area (Å²) in [4.78, 5) is 14.6. The Hall–Kier alpha value is -2.44. The molecule has 0 aliphatic carbocycles. The Kier molecular flexibility index (Phi) is 2.99. The summed E-state index contributed by atoms with van der Waals surface area (Å²) in [5, 5.41) is 18.8. The summed E-state index contributed by atoms with van der Waals surface area (Å²) < 4.78 is 5.25. The molecule has 0 saturated heterocycles. The van der Waals surface area contributed by atoms with Crippen molar-refractivity contribution in [2.75, 3.05) is 5.32 Å². The zero-order valence-electron chi connectivity index (χ0n) is 9.04. The molecule has 0 saturated carbocycles. The quantitative estimate of drug-likeness (QED) is 0.816. The second-order valence-electron chi connectivity index (χ2n) is 3.33. The second kappa shape index (κ2) is 4.60. The topological polar surface area (TPSA) is 101 Å². The zero-order valence-corrected chi connectivity index (χ0v) is 9.04. The van der Waals surface area contributed by atoms with Crippen molar-refractivity contribution in [3.05, 3.63) is 35.7 Å².